The lowest BCUT2D eigenvalue weighted by molar-refractivity contribution is 0.371. The highest BCUT2D eigenvalue weighted by molar-refractivity contribution is 5.42. The molecule has 5 heteroatoms. The van der Waals surface area contributed by atoms with Crippen molar-refractivity contribution in [2.75, 3.05) is 7.11 Å². The fraction of sp³-hybridized carbons (Fsp3) is 0.400. The van der Waals surface area contributed by atoms with Crippen LogP contribution < -0.4 is 10.1 Å². The first kappa shape index (κ1) is 14.4. The Morgan fingerprint density at radius 1 is 1.45 bits per heavy atom. The van der Waals surface area contributed by atoms with Gasteiger partial charge in [-0.1, -0.05) is 13.0 Å². The van der Waals surface area contributed by atoms with Gasteiger partial charge in [0.2, 0.25) is 5.89 Å². The summed E-state index contributed by atoms with van der Waals surface area (Å²) in [7, 11) is 1.54. The average Bonchev–Trinajstić information content (AvgIpc) is 2.93. The van der Waals surface area contributed by atoms with Crippen LogP contribution in [0.1, 0.15) is 37.1 Å². The number of aromatic hydroxyl groups is 1. The van der Waals surface area contributed by atoms with E-state index in [4.69, 9.17) is 9.15 Å². The lowest BCUT2D eigenvalue weighted by Gasteiger charge is -2.14. The smallest absolute Gasteiger partial charge is 0.208 e. The molecule has 2 aromatic rings. The molecule has 1 atom stereocenters. The normalized spacial score (nSPS) is 12.3. The standard InChI is InChI=1S/C15H20N2O3/c1-4-12-8-17-15(20-12)9-16-10(2)11-5-6-13(18)14(7-11)19-3/h5-8,10,16,18H,4,9H2,1-3H3. The molecule has 5 nitrogen and oxygen atoms in total. The van der Waals surface area contributed by atoms with Gasteiger partial charge in [0, 0.05) is 12.5 Å². The zero-order valence-corrected chi connectivity index (χ0v) is 12.0. The van der Waals surface area contributed by atoms with Crippen LogP contribution in [0.25, 0.3) is 0 Å². The van der Waals surface area contributed by atoms with Gasteiger partial charge in [-0.05, 0) is 24.6 Å². The highest BCUT2D eigenvalue weighted by Gasteiger charge is 2.10. The average molecular weight is 276 g/mol. The summed E-state index contributed by atoms with van der Waals surface area (Å²) in [6.45, 7) is 4.63. The van der Waals surface area contributed by atoms with E-state index in [1.807, 2.05) is 26.0 Å². The van der Waals surface area contributed by atoms with Gasteiger partial charge in [0.25, 0.3) is 0 Å². The fourth-order valence-corrected chi connectivity index (χ4v) is 1.92. The molecule has 0 aliphatic rings. The van der Waals surface area contributed by atoms with Crippen LogP contribution in [0.3, 0.4) is 0 Å². The van der Waals surface area contributed by atoms with Gasteiger partial charge in [0.1, 0.15) is 5.76 Å². The molecule has 108 valence electrons. The molecule has 0 spiro atoms. The molecule has 20 heavy (non-hydrogen) atoms. The zero-order chi connectivity index (χ0) is 14.5. The third kappa shape index (κ3) is 3.30. The van der Waals surface area contributed by atoms with Crippen molar-refractivity contribution in [3.05, 3.63) is 41.6 Å². The summed E-state index contributed by atoms with van der Waals surface area (Å²) in [5.74, 6) is 2.18. The SMILES string of the molecule is CCc1cnc(CNC(C)c2ccc(O)c(OC)c2)o1. The van der Waals surface area contributed by atoms with E-state index in [1.165, 1.54) is 7.11 Å². The van der Waals surface area contributed by atoms with Gasteiger partial charge in [0.05, 0.1) is 19.9 Å². The van der Waals surface area contributed by atoms with E-state index in [0.717, 1.165) is 17.7 Å². The van der Waals surface area contributed by atoms with Crippen LogP contribution in [0.5, 0.6) is 11.5 Å². The monoisotopic (exact) mass is 276 g/mol. The number of phenolic OH excluding ortho intramolecular Hbond substituents is 1. The van der Waals surface area contributed by atoms with E-state index in [1.54, 1.807) is 12.3 Å². The van der Waals surface area contributed by atoms with Crippen LogP contribution in [0.4, 0.5) is 0 Å². The number of ether oxygens (including phenoxy) is 1. The minimum atomic E-state index is 0.0986. The summed E-state index contributed by atoms with van der Waals surface area (Å²) in [5.41, 5.74) is 1.03. The number of aryl methyl sites for hydroxylation is 1. The Hall–Kier alpha value is -2.01. The van der Waals surface area contributed by atoms with Crippen LogP contribution in [0.2, 0.25) is 0 Å². The van der Waals surface area contributed by atoms with Gasteiger partial charge in [-0.25, -0.2) is 4.98 Å². The molecule has 0 aliphatic heterocycles. The number of nitrogens with one attached hydrogen (secondary N) is 1. The quantitative estimate of drug-likeness (QED) is 0.849. The second-order valence-electron chi connectivity index (χ2n) is 4.61. The largest absolute Gasteiger partial charge is 0.504 e. The highest BCUT2D eigenvalue weighted by atomic mass is 16.5. The highest BCUT2D eigenvalue weighted by Crippen LogP contribution is 2.28. The predicted molar refractivity (Wildman–Crippen MR) is 75.8 cm³/mol. The van der Waals surface area contributed by atoms with Crippen LogP contribution in [-0.2, 0) is 13.0 Å². The van der Waals surface area contributed by atoms with Gasteiger partial charge in [-0.15, -0.1) is 0 Å². The van der Waals surface area contributed by atoms with Crippen LogP contribution in [0.15, 0.2) is 28.8 Å². The summed E-state index contributed by atoms with van der Waals surface area (Å²) in [5, 5.41) is 12.9. The van der Waals surface area contributed by atoms with Crippen LogP contribution in [-0.4, -0.2) is 17.2 Å². The molecule has 0 amide bonds. The lowest BCUT2D eigenvalue weighted by Crippen LogP contribution is -2.18. The van der Waals surface area contributed by atoms with Crippen molar-refractivity contribution in [2.24, 2.45) is 0 Å². The van der Waals surface area contributed by atoms with Crippen molar-refractivity contribution < 1.29 is 14.3 Å². The number of benzene rings is 1. The maximum Gasteiger partial charge on any atom is 0.208 e. The molecule has 0 bridgehead atoms. The van der Waals surface area contributed by atoms with Crippen LogP contribution >= 0.6 is 0 Å². The Labute approximate surface area is 118 Å². The van der Waals surface area contributed by atoms with Gasteiger partial charge < -0.3 is 19.6 Å². The maximum atomic E-state index is 9.58. The first-order chi connectivity index (χ1) is 9.63. The van der Waals surface area contributed by atoms with E-state index in [9.17, 15) is 5.11 Å². The van der Waals surface area contributed by atoms with Gasteiger partial charge in [-0.3, -0.25) is 0 Å². The number of hydrogen-bond donors (Lipinski definition) is 2. The van der Waals surface area contributed by atoms with Crippen LogP contribution in [0, 0.1) is 0 Å². The Morgan fingerprint density at radius 3 is 2.90 bits per heavy atom. The van der Waals surface area contributed by atoms with Crippen molar-refractivity contribution in [1.82, 2.24) is 10.3 Å². The number of hydrogen-bond acceptors (Lipinski definition) is 5. The van der Waals surface area contributed by atoms with E-state index in [2.05, 4.69) is 10.3 Å². The number of aromatic nitrogens is 1. The summed E-state index contributed by atoms with van der Waals surface area (Å²) in [4.78, 5) is 4.21. The summed E-state index contributed by atoms with van der Waals surface area (Å²) < 4.78 is 10.7. The number of phenols is 1. The molecule has 0 radical (unpaired) electrons. The minimum absolute atomic E-state index is 0.0986. The minimum Gasteiger partial charge on any atom is -0.504 e. The third-order valence-electron chi connectivity index (χ3n) is 3.21. The van der Waals surface area contributed by atoms with E-state index < -0.39 is 0 Å². The Bertz CT molecular complexity index is 566. The fourth-order valence-electron chi connectivity index (χ4n) is 1.92. The van der Waals surface area contributed by atoms with Gasteiger partial charge in [0.15, 0.2) is 11.5 Å². The van der Waals surface area contributed by atoms with Crippen molar-refractivity contribution in [3.63, 3.8) is 0 Å². The molecule has 0 saturated carbocycles. The maximum absolute atomic E-state index is 9.58. The van der Waals surface area contributed by atoms with Crippen molar-refractivity contribution in [3.8, 4) is 11.5 Å². The van der Waals surface area contributed by atoms with Gasteiger partial charge >= 0.3 is 0 Å². The molecule has 0 saturated heterocycles. The first-order valence-electron chi connectivity index (χ1n) is 6.68. The van der Waals surface area contributed by atoms with Crippen molar-refractivity contribution in [2.45, 2.75) is 32.9 Å². The van der Waals surface area contributed by atoms with Gasteiger partial charge in [-0.2, -0.15) is 0 Å². The topological polar surface area (TPSA) is 67.5 Å². The molecular formula is C15H20N2O3. The van der Waals surface area contributed by atoms with E-state index in [0.29, 0.717) is 18.2 Å². The molecule has 2 rings (SSSR count). The second-order valence-corrected chi connectivity index (χ2v) is 4.61. The molecule has 2 N–H and O–H groups in total. The zero-order valence-electron chi connectivity index (χ0n) is 12.0. The molecule has 1 unspecified atom stereocenters. The van der Waals surface area contributed by atoms with Crippen molar-refractivity contribution >= 4 is 0 Å². The second kappa shape index (κ2) is 6.43. The van der Waals surface area contributed by atoms with E-state index in [-0.39, 0.29) is 11.8 Å². The molecule has 1 aromatic carbocycles. The van der Waals surface area contributed by atoms with Crippen molar-refractivity contribution in [1.29, 1.82) is 0 Å². The predicted octanol–water partition coefficient (Wildman–Crippen LogP) is 2.80. The number of oxazole rings is 1. The molecular weight excluding hydrogens is 256 g/mol. The Balaban J connectivity index is 1.99. The number of nitrogens with zero attached hydrogens (tertiary/aromatic N) is 1. The summed E-state index contributed by atoms with van der Waals surface area (Å²) >= 11 is 0. The summed E-state index contributed by atoms with van der Waals surface area (Å²) in [6.07, 6.45) is 2.60. The molecule has 0 fully saturated rings. The first-order valence-corrected chi connectivity index (χ1v) is 6.68. The molecule has 1 aromatic heterocycles. The van der Waals surface area contributed by atoms with E-state index >= 15 is 0 Å². The Morgan fingerprint density at radius 2 is 2.25 bits per heavy atom. The molecule has 1 heterocycles. The Kier molecular flexibility index (Phi) is 4.63. The lowest BCUT2D eigenvalue weighted by atomic mass is 10.1. The molecule has 0 aliphatic carbocycles. The number of rotatable bonds is 6. The number of methoxy groups -OCH3 is 1. The third-order valence-corrected chi connectivity index (χ3v) is 3.21. The summed E-state index contributed by atoms with van der Waals surface area (Å²) in [6, 6.07) is 5.41.